The van der Waals surface area contributed by atoms with Gasteiger partial charge in [-0.05, 0) is 12.2 Å². The first-order chi connectivity index (χ1) is 10.7. The molecule has 136 valence electrons. The lowest BCUT2D eigenvalue weighted by atomic mass is 10.2. The van der Waals surface area contributed by atoms with Crippen molar-refractivity contribution in [2.45, 2.75) is 21.4 Å². The lowest BCUT2D eigenvalue weighted by molar-refractivity contribution is 0.675. The summed E-state index contributed by atoms with van der Waals surface area (Å²) in [6.45, 7) is 3.25. The molecule has 0 amide bonds. The van der Waals surface area contributed by atoms with Crippen LogP contribution in [0.25, 0.3) is 12.2 Å². The molecule has 0 N–H and O–H groups in total. The van der Waals surface area contributed by atoms with Crippen molar-refractivity contribution in [2.75, 3.05) is 0 Å². The molecule has 1 aromatic rings. The van der Waals surface area contributed by atoms with E-state index in [4.69, 9.17) is 69.6 Å². The standard InChI is InChI=1S/C14H16Cl6N2O2/c1-7(13(15,16)17)5-9-11(23)22(4)10(12(24)21(9)3)6-8(2)14(18,19)20/h5-8H,1-4H3/b9-5-,10-6+/t7-,8?/m0/s1. The van der Waals surface area contributed by atoms with Crippen molar-refractivity contribution < 1.29 is 0 Å². The van der Waals surface area contributed by atoms with Crippen molar-refractivity contribution in [3.8, 4) is 0 Å². The van der Waals surface area contributed by atoms with Crippen LogP contribution < -0.4 is 21.8 Å². The summed E-state index contributed by atoms with van der Waals surface area (Å²) < 4.78 is -0.829. The number of aromatic nitrogens is 2. The van der Waals surface area contributed by atoms with E-state index in [0.29, 0.717) is 0 Å². The second-order valence-corrected chi connectivity index (χ2v) is 10.2. The number of hydrogen-bond acceptors (Lipinski definition) is 2. The van der Waals surface area contributed by atoms with Crippen LogP contribution in [0.15, 0.2) is 9.59 Å². The zero-order valence-corrected chi connectivity index (χ0v) is 17.8. The lowest BCUT2D eigenvalue weighted by Gasteiger charge is -2.17. The van der Waals surface area contributed by atoms with Gasteiger partial charge in [0.1, 0.15) is 10.7 Å². The van der Waals surface area contributed by atoms with E-state index in [1.165, 1.54) is 35.4 Å². The van der Waals surface area contributed by atoms with Gasteiger partial charge >= 0.3 is 0 Å². The van der Waals surface area contributed by atoms with Crippen molar-refractivity contribution in [3.05, 3.63) is 31.4 Å². The minimum absolute atomic E-state index is 0.111. The Bertz CT molecular complexity index is 773. The van der Waals surface area contributed by atoms with Crippen LogP contribution in [0.1, 0.15) is 13.8 Å². The maximum atomic E-state index is 12.6. The zero-order chi connectivity index (χ0) is 19.0. The first kappa shape index (κ1) is 22.2. The lowest BCUT2D eigenvalue weighted by Crippen LogP contribution is -2.57. The van der Waals surface area contributed by atoms with E-state index in [9.17, 15) is 9.59 Å². The van der Waals surface area contributed by atoms with Gasteiger partial charge in [0.25, 0.3) is 11.1 Å². The fourth-order valence-electron chi connectivity index (χ4n) is 1.88. The van der Waals surface area contributed by atoms with Crippen molar-refractivity contribution in [2.24, 2.45) is 25.9 Å². The molecule has 1 rings (SSSR count). The van der Waals surface area contributed by atoms with Crippen LogP contribution in [0.2, 0.25) is 0 Å². The molecule has 1 unspecified atom stereocenters. The van der Waals surface area contributed by atoms with Crippen LogP contribution in [-0.2, 0) is 14.1 Å². The quantitative estimate of drug-likeness (QED) is 0.642. The number of nitrogens with zero attached hydrogens (tertiary/aromatic N) is 2. The van der Waals surface area contributed by atoms with E-state index in [-0.39, 0.29) is 10.7 Å². The van der Waals surface area contributed by atoms with Gasteiger partial charge in [-0.1, -0.05) is 83.5 Å². The molecule has 0 bridgehead atoms. The Kier molecular flexibility index (Phi) is 7.22. The highest BCUT2D eigenvalue weighted by Crippen LogP contribution is 2.36. The molecular weight excluding hydrogens is 441 g/mol. The molecule has 1 heterocycles. The van der Waals surface area contributed by atoms with Crippen LogP contribution in [-0.4, -0.2) is 16.7 Å². The molecule has 2 atom stereocenters. The van der Waals surface area contributed by atoms with E-state index in [2.05, 4.69) is 0 Å². The predicted octanol–water partition coefficient (Wildman–Crippen LogP) is 2.66. The first-order valence-electron chi connectivity index (χ1n) is 6.81. The average Bonchev–Trinajstić information content (AvgIpc) is 2.43. The third-order valence-corrected chi connectivity index (χ3v) is 5.68. The largest absolute Gasteiger partial charge is 0.306 e. The normalized spacial score (nSPS) is 17.2. The third kappa shape index (κ3) is 5.09. The summed E-state index contributed by atoms with van der Waals surface area (Å²) in [5, 5.41) is 0.222. The molecular formula is C14H16Cl6N2O2. The SMILES string of the molecule is CC(/C=c1\c(=O)n(C)/c(=C\[C@H](C)C(Cl)(Cl)Cl)c(=O)n1C)C(Cl)(Cl)Cl. The van der Waals surface area contributed by atoms with Gasteiger partial charge < -0.3 is 9.13 Å². The van der Waals surface area contributed by atoms with Gasteiger partial charge in [0.15, 0.2) is 7.59 Å². The van der Waals surface area contributed by atoms with Crippen molar-refractivity contribution >= 4 is 81.8 Å². The Labute approximate surface area is 169 Å². The van der Waals surface area contributed by atoms with Gasteiger partial charge in [-0.15, -0.1) is 0 Å². The summed E-state index contributed by atoms with van der Waals surface area (Å²) >= 11 is 34.9. The summed E-state index contributed by atoms with van der Waals surface area (Å²) in [4.78, 5) is 25.2. The Balaban J connectivity index is 3.78. The van der Waals surface area contributed by atoms with E-state index in [1.807, 2.05) is 0 Å². The topological polar surface area (TPSA) is 44.0 Å². The Hall–Kier alpha value is 0.160. The predicted molar refractivity (Wildman–Crippen MR) is 104 cm³/mol. The fourth-order valence-corrected chi connectivity index (χ4v) is 2.26. The first-order valence-corrected chi connectivity index (χ1v) is 9.07. The molecule has 4 nitrogen and oxygen atoms in total. The van der Waals surface area contributed by atoms with Crippen molar-refractivity contribution in [1.29, 1.82) is 0 Å². The molecule has 0 aliphatic rings. The molecule has 0 aromatic carbocycles. The smallest absolute Gasteiger partial charge is 0.274 e. The molecule has 0 aliphatic carbocycles. The minimum Gasteiger partial charge on any atom is -0.306 e. The molecule has 0 spiro atoms. The molecule has 0 fully saturated rings. The van der Waals surface area contributed by atoms with Gasteiger partial charge in [0.05, 0.1) is 0 Å². The maximum absolute atomic E-state index is 12.6. The van der Waals surface area contributed by atoms with Gasteiger partial charge in [-0.2, -0.15) is 0 Å². The number of rotatable bonds is 2. The molecule has 0 aliphatic heterocycles. The van der Waals surface area contributed by atoms with Crippen LogP contribution >= 0.6 is 69.6 Å². The van der Waals surface area contributed by atoms with Gasteiger partial charge in [-0.3, -0.25) is 9.59 Å². The third-order valence-electron chi connectivity index (χ3n) is 3.62. The summed E-state index contributed by atoms with van der Waals surface area (Å²) in [5.41, 5.74) is -0.859. The van der Waals surface area contributed by atoms with E-state index in [0.717, 1.165) is 0 Å². The fraction of sp³-hybridized carbons (Fsp3) is 0.571. The molecule has 0 radical (unpaired) electrons. The molecule has 0 saturated heterocycles. The highest BCUT2D eigenvalue weighted by molar-refractivity contribution is 6.68. The second-order valence-electron chi connectivity index (χ2n) is 5.49. The summed E-state index contributed by atoms with van der Waals surface area (Å²) in [7, 11) is 2.91. The van der Waals surface area contributed by atoms with Crippen LogP contribution in [0, 0.1) is 11.8 Å². The Morgan fingerprint density at radius 2 is 1.00 bits per heavy atom. The monoisotopic (exact) mass is 454 g/mol. The average molecular weight is 457 g/mol. The highest BCUT2D eigenvalue weighted by Gasteiger charge is 2.28. The van der Waals surface area contributed by atoms with Crippen LogP contribution in [0.4, 0.5) is 0 Å². The molecule has 24 heavy (non-hydrogen) atoms. The summed E-state index contributed by atoms with van der Waals surface area (Å²) in [5.74, 6) is -1.17. The van der Waals surface area contributed by atoms with E-state index in [1.54, 1.807) is 13.8 Å². The summed E-state index contributed by atoms with van der Waals surface area (Å²) in [6.07, 6.45) is 2.89. The number of halogens is 6. The van der Waals surface area contributed by atoms with Gasteiger partial charge in [0.2, 0.25) is 0 Å². The Morgan fingerprint density at radius 3 is 1.21 bits per heavy atom. The van der Waals surface area contributed by atoms with Crippen molar-refractivity contribution in [3.63, 3.8) is 0 Å². The highest BCUT2D eigenvalue weighted by atomic mass is 35.6. The van der Waals surface area contributed by atoms with Crippen LogP contribution in [0.5, 0.6) is 0 Å². The molecule has 1 aromatic heterocycles. The zero-order valence-electron chi connectivity index (χ0n) is 13.3. The van der Waals surface area contributed by atoms with Crippen LogP contribution in [0.3, 0.4) is 0 Å². The van der Waals surface area contributed by atoms with Crippen molar-refractivity contribution in [1.82, 2.24) is 9.13 Å². The minimum atomic E-state index is -1.60. The number of hydrogen-bond donors (Lipinski definition) is 0. The van der Waals surface area contributed by atoms with Gasteiger partial charge in [0, 0.05) is 25.9 Å². The number of alkyl halides is 6. The second kappa shape index (κ2) is 7.81. The molecule has 0 saturated carbocycles. The molecule has 10 heteroatoms. The maximum Gasteiger partial charge on any atom is 0.274 e. The Morgan fingerprint density at radius 1 is 0.750 bits per heavy atom. The van der Waals surface area contributed by atoms with E-state index < -0.39 is 30.5 Å². The van der Waals surface area contributed by atoms with E-state index >= 15 is 0 Å². The summed E-state index contributed by atoms with van der Waals surface area (Å²) in [6, 6.07) is 0. The van der Waals surface area contributed by atoms with Gasteiger partial charge in [-0.25, -0.2) is 0 Å².